The third-order valence-electron chi connectivity index (χ3n) is 5.01. The lowest BCUT2D eigenvalue weighted by molar-refractivity contribution is -0.0302. The fourth-order valence-electron chi connectivity index (χ4n) is 3.33. The maximum Gasteiger partial charge on any atom is 0.330 e. The number of aromatic nitrogens is 5. The van der Waals surface area contributed by atoms with Crippen LogP contribution < -0.4 is 11.2 Å². The molecule has 4 atom stereocenters. The number of nitrogens with zero attached hydrogens (tertiary/aromatic N) is 4. The second-order valence-electron chi connectivity index (χ2n) is 7.29. The van der Waals surface area contributed by atoms with Gasteiger partial charge in [0.25, 0.3) is 5.56 Å². The number of aliphatic hydroxyl groups is 2. The van der Waals surface area contributed by atoms with Gasteiger partial charge in [-0.25, -0.2) is 9.48 Å². The molecule has 10 nitrogen and oxygen atoms in total. The van der Waals surface area contributed by atoms with E-state index in [1.165, 1.54) is 15.4 Å². The third-order valence-corrected chi connectivity index (χ3v) is 5.01. The van der Waals surface area contributed by atoms with Gasteiger partial charge in [-0.15, -0.1) is 5.10 Å². The fourth-order valence-corrected chi connectivity index (χ4v) is 3.33. The van der Waals surface area contributed by atoms with E-state index in [1.54, 1.807) is 13.1 Å². The lowest BCUT2D eigenvalue weighted by Gasteiger charge is -2.16. The van der Waals surface area contributed by atoms with Crippen molar-refractivity contribution in [2.75, 3.05) is 0 Å². The number of unbranched alkanes of at least 4 members (excludes halogenated alkanes) is 2. The van der Waals surface area contributed by atoms with E-state index in [9.17, 15) is 19.8 Å². The molecule has 0 spiro atoms. The molecule has 0 amide bonds. The maximum absolute atomic E-state index is 12.0. The lowest BCUT2D eigenvalue weighted by Crippen LogP contribution is -2.33. The van der Waals surface area contributed by atoms with E-state index in [1.807, 2.05) is 0 Å². The third kappa shape index (κ3) is 4.57. The van der Waals surface area contributed by atoms with Gasteiger partial charge in [-0.1, -0.05) is 31.4 Å². The Hall–Kier alpha value is -2.30. The summed E-state index contributed by atoms with van der Waals surface area (Å²) < 4.78 is 8.63. The highest BCUT2D eigenvalue weighted by atomic mass is 16.5. The Balaban J connectivity index is 1.64. The van der Waals surface area contributed by atoms with E-state index in [2.05, 4.69) is 22.2 Å². The summed E-state index contributed by atoms with van der Waals surface area (Å²) in [6.45, 7) is 3.94. The summed E-state index contributed by atoms with van der Waals surface area (Å²) in [6.07, 6.45) is 4.26. The molecule has 0 bridgehead atoms. The van der Waals surface area contributed by atoms with Crippen LogP contribution >= 0.6 is 0 Å². The van der Waals surface area contributed by atoms with Gasteiger partial charge in [-0.2, -0.15) is 0 Å². The highest BCUT2D eigenvalue weighted by Gasteiger charge is 2.36. The van der Waals surface area contributed by atoms with Crippen LogP contribution in [0, 0.1) is 6.92 Å². The number of hydrogen-bond donors (Lipinski definition) is 3. The van der Waals surface area contributed by atoms with E-state index in [0.29, 0.717) is 17.7 Å². The Bertz CT molecular complexity index is 904. The van der Waals surface area contributed by atoms with Gasteiger partial charge in [-0.3, -0.25) is 14.3 Å². The summed E-state index contributed by atoms with van der Waals surface area (Å²) in [5.41, 5.74) is -0.137. The molecule has 0 radical (unpaired) electrons. The van der Waals surface area contributed by atoms with Gasteiger partial charge in [0.05, 0.1) is 24.9 Å². The van der Waals surface area contributed by atoms with Gasteiger partial charge < -0.3 is 14.9 Å². The quantitative estimate of drug-likeness (QED) is 0.552. The van der Waals surface area contributed by atoms with Crippen LogP contribution in [0.15, 0.2) is 22.0 Å². The molecule has 1 aliphatic rings. The minimum atomic E-state index is -0.800. The van der Waals surface area contributed by atoms with Crippen LogP contribution in [-0.4, -0.2) is 47.0 Å². The molecule has 0 aromatic carbocycles. The van der Waals surface area contributed by atoms with Gasteiger partial charge >= 0.3 is 5.69 Å². The summed E-state index contributed by atoms with van der Waals surface area (Å²) in [5, 5.41) is 28.5. The summed E-state index contributed by atoms with van der Waals surface area (Å²) in [4.78, 5) is 25.8. The van der Waals surface area contributed by atoms with Crippen LogP contribution in [0.4, 0.5) is 0 Å². The molecule has 1 saturated heterocycles. The minimum absolute atomic E-state index is 0.219. The highest BCUT2D eigenvalue weighted by molar-refractivity contribution is 5.02. The van der Waals surface area contributed by atoms with E-state index >= 15 is 0 Å². The average Bonchev–Trinajstić information content (AvgIpc) is 3.26. The number of hydrogen-bond acceptors (Lipinski definition) is 7. The van der Waals surface area contributed by atoms with E-state index in [0.717, 1.165) is 19.3 Å². The van der Waals surface area contributed by atoms with Crippen molar-refractivity contribution < 1.29 is 14.9 Å². The van der Waals surface area contributed by atoms with Crippen molar-refractivity contribution in [3.05, 3.63) is 44.5 Å². The predicted molar refractivity (Wildman–Crippen MR) is 99.7 cm³/mol. The predicted octanol–water partition coefficient (Wildman–Crippen LogP) is 0.399. The van der Waals surface area contributed by atoms with Crippen LogP contribution in [0.25, 0.3) is 0 Å². The Morgan fingerprint density at radius 1 is 1.36 bits per heavy atom. The summed E-state index contributed by atoms with van der Waals surface area (Å²) >= 11 is 0. The van der Waals surface area contributed by atoms with E-state index < -0.39 is 35.8 Å². The van der Waals surface area contributed by atoms with Gasteiger partial charge in [0, 0.05) is 18.2 Å². The van der Waals surface area contributed by atoms with Crippen LogP contribution in [-0.2, 0) is 11.3 Å². The molecule has 3 rings (SSSR count). The molecule has 28 heavy (non-hydrogen) atoms. The number of H-pyrrole nitrogens is 1. The molecule has 1 fully saturated rings. The standard InChI is InChI=1S/C18H27N5O5/c1-3-4-5-6-13(24)12-9-22(21-20-12)10-15-14(25)7-16(28-15)23-8-11(2)17(26)19-18(23)27/h8-9,13-16,24-25H,3-7,10H2,1-2H3,(H,19,26,27). The topological polar surface area (TPSA) is 135 Å². The number of ether oxygens (including phenoxy) is 1. The summed E-state index contributed by atoms with van der Waals surface area (Å²) in [5.74, 6) is 0. The number of nitrogens with one attached hydrogen (secondary N) is 1. The molecule has 3 heterocycles. The normalized spacial score (nSPS) is 23.2. The Kier molecular flexibility index (Phi) is 6.42. The zero-order valence-corrected chi connectivity index (χ0v) is 16.1. The smallest absolute Gasteiger partial charge is 0.330 e. The molecule has 4 unspecified atom stereocenters. The zero-order chi connectivity index (χ0) is 20.3. The zero-order valence-electron chi connectivity index (χ0n) is 16.1. The van der Waals surface area contributed by atoms with Crippen molar-refractivity contribution in [3.8, 4) is 0 Å². The number of aromatic amines is 1. The Morgan fingerprint density at radius 2 is 2.14 bits per heavy atom. The SMILES string of the molecule is CCCCCC(O)c1cn(CC2OC(n3cc(C)c(=O)[nH]c3=O)CC2O)nn1. The van der Waals surface area contributed by atoms with Crippen LogP contribution in [0.2, 0.25) is 0 Å². The van der Waals surface area contributed by atoms with Crippen molar-refractivity contribution in [1.82, 2.24) is 24.5 Å². The van der Waals surface area contributed by atoms with Crippen molar-refractivity contribution in [3.63, 3.8) is 0 Å². The van der Waals surface area contributed by atoms with Crippen molar-refractivity contribution >= 4 is 0 Å². The van der Waals surface area contributed by atoms with Gasteiger partial charge in [0.1, 0.15) is 18.0 Å². The Morgan fingerprint density at radius 3 is 2.89 bits per heavy atom. The molecular weight excluding hydrogens is 366 g/mol. The second kappa shape index (κ2) is 8.80. The van der Waals surface area contributed by atoms with Crippen molar-refractivity contribution in [1.29, 1.82) is 0 Å². The van der Waals surface area contributed by atoms with Crippen molar-refractivity contribution in [2.45, 2.75) is 77.0 Å². The first kappa shape index (κ1) is 20.4. The van der Waals surface area contributed by atoms with Crippen LogP contribution in [0.5, 0.6) is 0 Å². The summed E-state index contributed by atoms with van der Waals surface area (Å²) in [6, 6.07) is 0. The minimum Gasteiger partial charge on any atom is -0.390 e. The van der Waals surface area contributed by atoms with Gasteiger partial charge in [-0.05, 0) is 13.3 Å². The Labute approximate surface area is 161 Å². The first-order valence-electron chi connectivity index (χ1n) is 9.62. The molecule has 154 valence electrons. The van der Waals surface area contributed by atoms with Crippen LogP contribution in [0.1, 0.15) is 62.6 Å². The molecule has 0 aliphatic carbocycles. The van der Waals surface area contributed by atoms with E-state index in [4.69, 9.17) is 4.74 Å². The number of rotatable bonds is 8. The highest BCUT2D eigenvalue weighted by Crippen LogP contribution is 2.28. The fraction of sp³-hybridized carbons (Fsp3) is 0.667. The van der Waals surface area contributed by atoms with Crippen LogP contribution in [0.3, 0.4) is 0 Å². The van der Waals surface area contributed by atoms with Gasteiger partial charge in [0.2, 0.25) is 0 Å². The lowest BCUT2D eigenvalue weighted by atomic mass is 10.1. The largest absolute Gasteiger partial charge is 0.390 e. The second-order valence-corrected chi connectivity index (χ2v) is 7.29. The molecule has 0 saturated carbocycles. The molecular formula is C18H27N5O5. The van der Waals surface area contributed by atoms with E-state index in [-0.39, 0.29) is 13.0 Å². The summed E-state index contributed by atoms with van der Waals surface area (Å²) in [7, 11) is 0. The molecule has 3 N–H and O–H groups in total. The average molecular weight is 393 g/mol. The molecule has 10 heteroatoms. The maximum atomic E-state index is 12.0. The molecule has 1 aliphatic heterocycles. The number of aryl methyl sites for hydroxylation is 1. The first-order chi connectivity index (χ1) is 13.4. The molecule has 2 aromatic rings. The number of aliphatic hydroxyl groups excluding tert-OH is 2. The van der Waals surface area contributed by atoms with Crippen molar-refractivity contribution in [2.24, 2.45) is 0 Å². The van der Waals surface area contributed by atoms with Gasteiger partial charge in [0.15, 0.2) is 0 Å². The monoisotopic (exact) mass is 393 g/mol. The first-order valence-corrected chi connectivity index (χ1v) is 9.62. The molecule has 2 aromatic heterocycles.